The van der Waals surface area contributed by atoms with Gasteiger partial charge in [-0.3, -0.25) is 9.10 Å². The van der Waals surface area contributed by atoms with Gasteiger partial charge in [0.05, 0.1) is 25.1 Å². The number of sulfonamides is 1. The number of benzene rings is 2. The van der Waals surface area contributed by atoms with Crippen LogP contribution in [0.4, 0.5) is 5.69 Å². The van der Waals surface area contributed by atoms with Gasteiger partial charge in [-0.15, -0.1) is 0 Å². The molecule has 0 spiro atoms. The first-order valence-corrected chi connectivity index (χ1v) is 11.5. The van der Waals surface area contributed by atoms with Crippen LogP contribution in [0, 0.1) is 6.92 Å². The molecule has 1 amide bonds. The molecule has 1 atom stereocenters. The number of anilines is 1. The maximum Gasteiger partial charge on any atom is 0.241 e. The molecule has 2 aromatic rings. The molecule has 0 aromatic heterocycles. The van der Waals surface area contributed by atoms with E-state index in [9.17, 15) is 13.2 Å². The number of nitrogens with zero attached hydrogens (tertiary/aromatic N) is 1. The first kappa shape index (κ1) is 22.0. The average Bonchev–Trinajstić information content (AvgIpc) is 2.64. The summed E-state index contributed by atoms with van der Waals surface area (Å²) < 4.78 is 37.1. The van der Waals surface area contributed by atoms with Crippen molar-refractivity contribution < 1.29 is 22.7 Å². The molecule has 0 unspecified atom stereocenters. The highest BCUT2D eigenvalue weighted by atomic mass is 32.2. The van der Waals surface area contributed by atoms with E-state index in [1.54, 1.807) is 24.3 Å². The average molecular weight is 433 g/mol. The molecule has 1 N–H and O–H groups in total. The molecule has 0 saturated heterocycles. The zero-order valence-electron chi connectivity index (χ0n) is 17.9. The van der Waals surface area contributed by atoms with E-state index >= 15 is 0 Å². The minimum atomic E-state index is -3.68. The first-order valence-electron chi connectivity index (χ1n) is 9.69. The Bertz CT molecular complexity index is 1050. The molecule has 1 heterocycles. The van der Waals surface area contributed by atoms with Crippen molar-refractivity contribution in [3.8, 4) is 11.5 Å². The van der Waals surface area contributed by atoms with Gasteiger partial charge in [0.25, 0.3) is 0 Å². The molecule has 0 aliphatic carbocycles. The van der Waals surface area contributed by atoms with Gasteiger partial charge in [-0.05, 0) is 44.5 Å². The predicted octanol–water partition coefficient (Wildman–Crippen LogP) is 3.19. The molecule has 1 aliphatic heterocycles. The van der Waals surface area contributed by atoms with Crippen molar-refractivity contribution in [3.63, 3.8) is 0 Å². The van der Waals surface area contributed by atoms with E-state index in [4.69, 9.17) is 9.47 Å². The normalized spacial score (nSPS) is 17.4. The Balaban J connectivity index is 1.84. The molecule has 0 fully saturated rings. The Morgan fingerprint density at radius 3 is 2.67 bits per heavy atom. The molecule has 8 heteroatoms. The summed E-state index contributed by atoms with van der Waals surface area (Å²) in [5.41, 5.74) is 1.87. The third-order valence-corrected chi connectivity index (χ3v) is 6.13. The third kappa shape index (κ3) is 5.05. The van der Waals surface area contributed by atoms with E-state index in [2.05, 4.69) is 5.32 Å². The summed E-state index contributed by atoms with van der Waals surface area (Å²) in [6, 6.07) is 12.2. The van der Waals surface area contributed by atoms with E-state index < -0.39 is 21.5 Å². The van der Waals surface area contributed by atoms with Crippen LogP contribution < -0.4 is 19.1 Å². The number of fused-ring (bicyclic) bond motifs is 1. The minimum absolute atomic E-state index is 0.274. The molecule has 1 aliphatic rings. The van der Waals surface area contributed by atoms with E-state index in [1.807, 2.05) is 39.0 Å². The maximum absolute atomic E-state index is 12.9. The Morgan fingerprint density at radius 2 is 2.00 bits per heavy atom. The van der Waals surface area contributed by atoms with E-state index in [-0.39, 0.29) is 12.6 Å². The van der Waals surface area contributed by atoms with Crippen molar-refractivity contribution in [2.24, 2.45) is 0 Å². The number of ether oxygens (including phenoxy) is 2. The molecule has 0 saturated carbocycles. The lowest BCUT2D eigenvalue weighted by Gasteiger charge is -2.38. The summed E-state index contributed by atoms with van der Waals surface area (Å²) in [7, 11) is -2.17. The van der Waals surface area contributed by atoms with Crippen molar-refractivity contribution in [1.82, 2.24) is 5.32 Å². The Morgan fingerprint density at radius 1 is 1.27 bits per heavy atom. The first-order chi connectivity index (χ1) is 14.0. The lowest BCUT2D eigenvalue weighted by molar-refractivity contribution is -0.120. The standard InChI is InChI=1S/C22H28N2O5S/c1-15-9-10-18-19(13-22(2,3)29-20(18)11-15)23-21(25)14-24(30(5,26)27)16-7-6-8-17(12-16)28-4/h6-12,19H,13-14H2,1-5H3,(H,23,25)/t19-/m1/s1. The van der Waals surface area contributed by atoms with Crippen molar-refractivity contribution in [2.75, 3.05) is 24.2 Å². The third-order valence-electron chi connectivity index (χ3n) is 4.99. The SMILES string of the molecule is COc1cccc(N(CC(=O)N[C@@H]2CC(C)(C)Oc3cc(C)ccc32)S(C)(=O)=O)c1. The van der Waals surface area contributed by atoms with Crippen LogP contribution in [0.3, 0.4) is 0 Å². The Labute approximate surface area is 178 Å². The van der Waals surface area contributed by atoms with Gasteiger partial charge in [0, 0.05) is 18.1 Å². The monoisotopic (exact) mass is 432 g/mol. The van der Waals surface area contributed by atoms with Gasteiger partial charge in [0.1, 0.15) is 23.6 Å². The number of rotatable bonds is 6. The van der Waals surface area contributed by atoms with Crippen LogP contribution >= 0.6 is 0 Å². The Kier molecular flexibility index (Phi) is 5.99. The van der Waals surface area contributed by atoms with E-state index in [0.717, 1.165) is 27.4 Å². The second kappa shape index (κ2) is 8.18. The van der Waals surface area contributed by atoms with Crippen molar-refractivity contribution in [2.45, 2.75) is 38.8 Å². The second-order valence-corrected chi connectivity index (χ2v) is 10.1. The zero-order chi connectivity index (χ0) is 22.1. The lowest BCUT2D eigenvalue weighted by Crippen LogP contribution is -2.45. The summed E-state index contributed by atoms with van der Waals surface area (Å²) in [6.07, 6.45) is 1.65. The number of nitrogens with one attached hydrogen (secondary N) is 1. The van der Waals surface area contributed by atoms with Crippen LogP contribution in [-0.4, -0.2) is 39.8 Å². The molecule has 0 bridgehead atoms. The fourth-order valence-electron chi connectivity index (χ4n) is 3.62. The topological polar surface area (TPSA) is 84.9 Å². The maximum atomic E-state index is 12.9. The highest BCUT2D eigenvalue weighted by molar-refractivity contribution is 7.92. The molecule has 162 valence electrons. The predicted molar refractivity (Wildman–Crippen MR) is 117 cm³/mol. The molecule has 7 nitrogen and oxygen atoms in total. The number of aryl methyl sites for hydroxylation is 1. The van der Waals surface area contributed by atoms with E-state index in [0.29, 0.717) is 17.9 Å². The largest absolute Gasteiger partial charge is 0.497 e. The summed E-state index contributed by atoms with van der Waals surface area (Å²) in [5, 5.41) is 2.99. The number of hydrogen-bond acceptors (Lipinski definition) is 5. The summed E-state index contributed by atoms with van der Waals surface area (Å²) >= 11 is 0. The van der Waals surface area contributed by atoms with Gasteiger partial charge in [-0.1, -0.05) is 18.2 Å². The highest BCUT2D eigenvalue weighted by Gasteiger charge is 2.35. The van der Waals surface area contributed by atoms with Crippen LogP contribution in [0.1, 0.15) is 37.4 Å². The van der Waals surface area contributed by atoms with Gasteiger partial charge in [0.15, 0.2) is 0 Å². The summed E-state index contributed by atoms with van der Waals surface area (Å²) in [4.78, 5) is 12.9. The molecular weight excluding hydrogens is 404 g/mol. The number of methoxy groups -OCH3 is 1. The molecule has 2 aromatic carbocycles. The summed E-state index contributed by atoms with van der Waals surface area (Å²) in [6.45, 7) is 5.59. The van der Waals surface area contributed by atoms with Crippen LogP contribution in [0.25, 0.3) is 0 Å². The van der Waals surface area contributed by atoms with Crippen LogP contribution in [-0.2, 0) is 14.8 Å². The molecule has 30 heavy (non-hydrogen) atoms. The van der Waals surface area contributed by atoms with Gasteiger partial charge in [-0.2, -0.15) is 0 Å². The lowest BCUT2D eigenvalue weighted by atomic mass is 9.89. The smallest absolute Gasteiger partial charge is 0.241 e. The van der Waals surface area contributed by atoms with Gasteiger partial charge in [-0.25, -0.2) is 8.42 Å². The molecule has 3 rings (SSSR count). The van der Waals surface area contributed by atoms with Crippen LogP contribution in [0.5, 0.6) is 11.5 Å². The number of carbonyl (C=O) groups excluding carboxylic acids is 1. The van der Waals surface area contributed by atoms with Gasteiger partial charge in [0.2, 0.25) is 15.9 Å². The van der Waals surface area contributed by atoms with Crippen LogP contribution in [0.2, 0.25) is 0 Å². The molecule has 0 radical (unpaired) electrons. The fourth-order valence-corrected chi connectivity index (χ4v) is 4.47. The van der Waals surface area contributed by atoms with E-state index in [1.165, 1.54) is 7.11 Å². The highest BCUT2D eigenvalue weighted by Crippen LogP contribution is 2.39. The fraction of sp³-hybridized carbons (Fsp3) is 0.409. The van der Waals surface area contributed by atoms with Gasteiger partial charge < -0.3 is 14.8 Å². The number of hydrogen-bond donors (Lipinski definition) is 1. The van der Waals surface area contributed by atoms with Crippen molar-refractivity contribution >= 4 is 21.6 Å². The van der Waals surface area contributed by atoms with Gasteiger partial charge >= 0.3 is 0 Å². The summed E-state index contributed by atoms with van der Waals surface area (Å²) in [5.74, 6) is 0.860. The molecular formula is C22H28N2O5S. The second-order valence-electron chi connectivity index (χ2n) is 8.20. The zero-order valence-corrected chi connectivity index (χ0v) is 18.7. The van der Waals surface area contributed by atoms with Crippen molar-refractivity contribution in [1.29, 1.82) is 0 Å². The van der Waals surface area contributed by atoms with Crippen molar-refractivity contribution in [3.05, 3.63) is 53.6 Å². The number of carbonyl (C=O) groups is 1. The minimum Gasteiger partial charge on any atom is -0.497 e. The van der Waals surface area contributed by atoms with Crippen LogP contribution in [0.15, 0.2) is 42.5 Å². The quantitative estimate of drug-likeness (QED) is 0.758. The number of amides is 1. The Hall–Kier alpha value is -2.74.